The van der Waals surface area contributed by atoms with E-state index in [1.165, 1.54) is 32.1 Å². The van der Waals surface area contributed by atoms with Gasteiger partial charge in [-0.05, 0) is 55.0 Å². The molecule has 1 heterocycles. The minimum atomic E-state index is -1.04. The summed E-state index contributed by atoms with van der Waals surface area (Å²) in [5.74, 6) is -1.62. The second-order valence-electron chi connectivity index (χ2n) is 9.65. The summed E-state index contributed by atoms with van der Waals surface area (Å²) in [5.41, 5.74) is 3.13. The van der Waals surface area contributed by atoms with Crippen molar-refractivity contribution in [3.63, 3.8) is 0 Å². The third kappa shape index (κ3) is 5.53. The molecule has 3 aromatic rings. The highest BCUT2D eigenvalue weighted by Crippen LogP contribution is 2.29. The van der Waals surface area contributed by atoms with Gasteiger partial charge in [0.25, 0.3) is 5.91 Å². The minimum Gasteiger partial charge on any atom is -0.496 e. The molecule has 190 valence electrons. The number of nitrogens with zero attached hydrogens (tertiary/aromatic N) is 1. The first-order valence-electron chi connectivity index (χ1n) is 12.3. The number of amides is 1. The van der Waals surface area contributed by atoms with E-state index < -0.39 is 17.9 Å². The Bertz CT molecular complexity index is 1290. The van der Waals surface area contributed by atoms with Gasteiger partial charge in [0.05, 0.1) is 25.1 Å². The fourth-order valence-corrected chi connectivity index (χ4v) is 4.97. The molecular weight excluding hydrogens is 460 g/mol. The molecule has 36 heavy (non-hydrogen) atoms. The van der Waals surface area contributed by atoms with Crippen molar-refractivity contribution >= 4 is 28.7 Å². The van der Waals surface area contributed by atoms with Crippen molar-refractivity contribution in [3.05, 3.63) is 64.8 Å². The zero-order valence-corrected chi connectivity index (χ0v) is 20.6. The molecule has 1 aliphatic carbocycles. The third-order valence-corrected chi connectivity index (χ3v) is 7.08. The fourth-order valence-electron chi connectivity index (χ4n) is 4.97. The van der Waals surface area contributed by atoms with Crippen LogP contribution in [-0.2, 0) is 17.8 Å². The maximum Gasteiger partial charge on any atom is 0.335 e. The Labute approximate surface area is 209 Å². The number of rotatable bonds is 10. The maximum atomic E-state index is 12.9. The average Bonchev–Trinajstić information content (AvgIpc) is 3.50. The summed E-state index contributed by atoms with van der Waals surface area (Å²) in [6, 6.07) is 10.2. The number of aromatic nitrogens is 1. The Kier molecular flexibility index (Phi) is 7.62. The lowest BCUT2D eigenvalue weighted by molar-refractivity contribution is -0.141. The first-order chi connectivity index (χ1) is 17.3. The molecule has 4 rings (SSSR count). The molecule has 1 unspecified atom stereocenters. The van der Waals surface area contributed by atoms with E-state index in [1.807, 2.05) is 22.9 Å². The van der Waals surface area contributed by atoms with Crippen molar-refractivity contribution in [1.29, 1.82) is 0 Å². The summed E-state index contributed by atoms with van der Waals surface area (Å²) in [6.07, 6.45) is 6.99. The molecule has 8 heteroatoms. The van der Waals surface area contributed by atoms with Crippen LogP contribution in [0.1, 0.15) is 64.4 Å². The van der Waals surface area contributed by atoms with Gasteiger partial charge in [-0.3, -0.25) is 9.59 Å². The number of ether oxygens (including phenoxy) is 1. The number of hydrogen-bond acceptors (Lipinski definition) is 4. The van der Waals surface area contributed by atoms with Gasteiger partial charge in [-0.1, -0.05) is 31.9 Å². The van der Waals surface area contributed by atoms with Crippen molar-refractivity contribution in [3.8, 4) is 5.75 Å². The molecule has 0 saturated heterocycles. The van der Waals surface area contributed by atoms with Gasteiger partial charge in [-0.15, -0.1) is 0 Å². The van der Waals surface area contributed by atoms with Crippen LogP contribution >= 0.6 is 0 Å². The van der Waals surface area contributed by atoms with Gasteiger partial charge in [-0.2, -0.15) is 0 Å². The van der Waals surface area contributed by atoms with E-state index in [9.17, 15) is 24.6 Å². The number of aliphatic carboxylic acids is 1. The molecule has 3 N–H and O–H groups in total. The van der Waals surface area contributed by atoms with E-state index in [1.54, 1.807) is 19.1 Å². The molecule has 1 aliphatic rings. The zero-order valence-electron chi connectivity index (χ0n) is 20.6. The molecule has 0 spiro atoms. The van der Waals surface area contributed by atoms with Crippen molar-refractivity contribution in [1.82, 2.24) is 9.88 Å². The van der Waals surface area contributed by atoms with Crippen molar-refractivity contribution in [2.75, 3.05) is 13.7 Å². The summed E-state index contributed by atoms with van der Waals surface area (Å²) in [7, 11) is 1.49. The van der Waals surface area contributed by atoms with E-state index in [0.29, 0.717) is 36.7 Å². The summed E-state index contributed by atoms with van der Waals surface area (Å²) in [6.45, 7) is 2.71. The Morgan fingerprint density at radius 1 is 1.06 bits per heavy atom. The monoisotopic (exact) mass is 492 g/mol. The van der Waals surface area contributed by atoms with Gasteiger partial charge in [0.15, 0.2) is 0 Å². The lowest BCUT2D eigenvalue weighted by Gasteiger charge is -2.13. The van der Waals surface area contributed by atoms with Crippen molar-refractivity contribution < 1.29 is 29.3 Å². The number of carbonyl (C=O) groups is 3. The number of benzene rings is 2. The van der Waals surface area contributed by atoms with E-state index in [0.717, 1.165) is 34.9 Å². The smallest absolute Gasteiger partial charge is 0.335 e. The lowest BCUT2D eigenvalue weighted by Crippen LogP contribution is -2.28. The summed E-state index contributed by atoms with van der Waals surface area (Å²) >= 11 is 0. The quantitative estimate of drug-likeness (QED) is 0.381. The standard InChI is InChI=1S/C28H32N2O6/c1-17(27(32)33)11-22-16-30(15-21-8-7-20(28(34)35)13-25(21)36-2)24-12-19(9-10-23(22)24)26(31)29-14-18-5-3-4-6-18/h7-10,12-13,16-18H,3-6,11,14-15H2,1-2H3,(H,29,31)(H,32,33)(H,34,35). The third-order valence-electron chi connectivity index (χ3n) is 7.08. The van der Waals surface area contributed by atoms with Gasteiger partial charge in [-0.25, -0.2) is 4.79 Å². The van der Waals surface area contributed by atoms with Crippen LogP contribution in [-0.4, -0.2) is 46.3 Å². The fraction of sp³-hybridized carbons (Fsp3) is 0.393. The highest BCUT2D eigenvalue weighted by Gasteiger charge is 2.20. The number of carbonyl (C=O) groups excluding carboxylic acids is 1. The summed E-state index contributed by atoms with van der Waals surface area (Å²) in [4.78, 5) is 35.8. The molecule has 1 atom stereocenters. The number of hydrogen-bond donors (Lipinski definition) is 3. The second-order valence-corrected chi connectivity index (χ2v) is 9.65. The van der Waals surface area contributed by atoms with E-state index in [2.05, 4.69) is 5.32 Å². The summed E-state index contributed by atoms with van der Waals surface area (Å²) in [5, 5.41) is 22.7. The predicted octanol–water partition coefficient (Wildman–Crippen LogP) is 4.58. The zero-order chi connectivity index (χ0) is 25.8. The van der Waals surface area contributed by atoms with Crippen LogP contribution in [0.4, 0.5) is 0 Å². The largest absolute Gasteiger partial charge is 0.496 e. The van der Waals surface area contributed by atoms with E-state index in [-0.39, 0.29) is 11.5 Å². The number of nitrogens with one attached hydrogen (secondary N) is 1. The minimum absolute atomic E-state index is 0.125. The van der Waals surface area contributed by atoms with Crippen molar-refractivity contribution in [2.45, 2.75) is 45.6 Å². The lowest BCUT2D eigenvalue weighted by atomic mass is 10.00. The number of carboxylic acids is 2. The van der Waals surface area contributed by atoms with E-state index in [4.69, 9.17) is 4.74 Å². The molecular formula is C28H32N2O6. The van der Waals surface area contributed by atoms with Crippen molar-refractivity contribution in [2.24, 2.45) is 11.8 Å². The normalized spacial score (nSPS) is 14.6. The predicted molar refractivity (Wildman–Crippen MR) is 136 cm³/mol. The van der Waals surface area contributed by atoms with Gasteiger partial charge in [0.2, 0.25) is 0 Å². The van der Waals surface area contributed by atoms with Crippen LogP contribution in [0.25, 0.3) is 10.9 Å². The molecule has 0 bridgehead atoms. The van der Waals surface area contributed by atoms with Crippen LogP contribution in [0.15, 0.2) is 42.6 Å². The number of carboxylic acid groups (broad SMARTS) is 2. The first-order valence-corrected chi connectivity index (χ1v) is 12.3. The molecule has 0 radical (unpaired) electrons. The number of methoxy groups -OCH3 is 1. The molecule has 1 amide bonds. The summed E-state index contributed by atoms with van der Waals surface area (Å²) < 4.78 is 7.41. The Morgan fingerprint density at radius 2 is 1.78 bits per heavy atom. The molecule has 1 saturated carbocycles. The topological polar surface area (TPSA) is 118 Å². The first kappa shape index (κ1) is 25.3. The van der Waals surface area contributed by atoms with Crippen LogP contribution in [0, 0.1) is 11.8 Å². The van der Waals surface area contributed by atoms with Crippen LogP contribution in [0.2, 0.25) is 0 Å². The maximum absolute atomic E-state index is 12.9. The van der Waals surface area contributed by atoms with Gasteiger partial charge in [0.1, 0.15) is 5.75 Å². The van der Waals surface area contributed by atoms with Crippen LogP contribution < -0.4 is 10.1 Å². The van der Waals surface area contributed by atoms with Gasteiger partial charge >= 0.3 is 11.9 Å². The molecule has 0 aliphatic heterocycles. The van der Waals surface area contributed by atoms with Crippen LogP contribution in [0.5, 0.6) is 5.75 Å². The van der Waals surface area contributed by atoms with Gasteiger partial charge in [0, 0.05) is 34.8 Å². The Morgan fingerprint density at radius 3 is 2.44 bits per heavy atom. The second kappa shape index (κ2) is 10.8. The number of fused-ring (bicyclic) bond motifs is 1. The van der Waals surface area contributed by atoms with Crippen LogP contribution in [0.3, 0.4) is 0 Å². The Hall–Kier alpha value is -3.81. The highest BCUT2D eigenvalue weighted by molar-refractivity contribution is 5.98. The SMILES string of the molecule is COc1cc(C(=O)O)ccc1Cn1cc(CC(C)C(=O)O)c2ccc(C(=O)NCC3CCCC3)cc21. The highest BCUT2D eigenvalue weighted by atomic mass is 16.5. The average molecular weight is 493 g/mol. The molecule has 1 fully saturated rings. The number of aromatic carboxylic acids is 1. The Balaban J connectivity index is 1.68. The molecule has 1 aromatic heterocycles. The van der Waals surface area contributed by atoms with E-state index >= 15 is 0 Å². The van der Waals surface area contributed by atoms with Gasteiger partial charge < -0.3 is 24.8 Å². The molecule has 8 nitrogen and oxygen atoms in total. The molecule has 2 aromatic carbocycles.